The fourth-order valence-electron chi connectivity index (χ4n) is 8.43. The number of rotatable bonds is 19. The van der Waals surface area contributed by atoms with Crippen molar-refractivity contribution >= 4 is 57.0 Å². The number of fused-ring (bicyclic) bond motifs is 1. The van der Waals surface area contributed by atoms with Gasteiger partial charge in [-0.3, -0.25) is 23.5 Å². The van der Waals surface area contributed by atoms with E-state index in [0.29, 0.717) is 24.3 Å². The van der Waals surface area contributed by atoms with Gasteiger partial charge in [-0.25, -0.2) is 23.7 Å². The molecule has 3 aliphatic heterocycles. The van der Waals surface area contributed by atoms with Gasteiger partial charge in [0.1, 0.15) is 67.3 Å². The summed E-state index contributed by atoms with van der Waals surface area (Å²) in [6.07, 6.45) is -11.3. The molecule has 0 bridgehead atoms. The Morgan fingerprint density at radius 3 is 2.41 bits per heavy atom. The molecule has 378 valence electrons. The van der Waals surface area contributed by atoms with Crippen LogP contribution in [0.3, 0.4) is 0 Å². The molecule has 3 fully saturated rings. The summed E-state index contributed by atoms with van der Waals surface area (Å²) < 4.78 is 70.0. The summed E-state index contributed by atoms with van der Waals surface area (Å²) in [4.78, 5) is 77.2. The minimum Gasteiger partial charge on any atom is -0.467 e. The fourth-order valence-corrected chi connectivity index (χ4v) is 8.74. The lowest BCUT2D eigenvalue weighted by Crippen LogP contribution is -2.68. The fraction of sp³-hybridized carbons (Fsp3) is 0.700. The van der Waals surface area contributed by atoms with E-state index in [-0.39, 0.29) is 55.7 Å². The van der Waals surface area contributed by atoms with E-state index in [9.17, 15) is 47.7 Å². The van der Waals surface area contributed by atoms with Gasteiger partial charge in [-0.05, 0) is 37.7 Å². The quantitative estimate of drug-likeness (QED) is 0.0428. The Morgan fingerprint density at radius 2 is 1.76 bits per heavy atom. The third-order valence-electron chi connectivity index (χ3n) is 12.0. The van der Waals surface area contributed by atoms with E-state index in [1.54, 1.807) is 11.0 Å². The van der Waals surface area contributed by atoms with Crippen LogP contribution in [0, 0.1) is 17.2 Å². The number of aliphatic hydroxyl groups excluding tert-OH is 3. The Bertz CT molecular complexity index is 2250. The SMILES string of the molecule is COC(=O)[C@H](CCCCNC(=O)C1O[C@@H](OC2[C@H](O)C(COS(=O)(=O)O)O[C@@H](OC)[C@H]2NC(C)=O)C(O)[C@@H](O)[C@@H]1OC)NC(=O)n1ccc2c(N(C)[C@H]3CN(C(=O)CC#N)CC[C@H]3C)ncnc21. The van der Waals surface area contributed by atoms with Gasteiger partial charge >= 0.3 is 22.4 Å². The molecule has 3 aliphatic rings. The highest BCUT2D eigenvalue weighted by Crippen LogP contribution is 2.32. The maximum atomic E-state index is 13.7. The first-order valence-corrected chi connectivity index (χ1v) is 22.9. The second-order valence-electron chi connectivity index (χ2n) is 16.5. The van der Waals surface area contributed by atoms with E-state index in [0.717, 1.165) is 34.7 Å². The van der Waals surface area contributed by atoms with Crippen LogP contribution in [-0.4, -0.2) is 205 Å². The Kier molecular flexibility index (Phi) is 18.9. The van der Waals surface area contributed by atoms with Crippen LogP contribution < -0.4 is 20.9 Å². The molecule has 0 aromatic carbocycles. The van der Waals surface area contributed by atoms with E-state index >= 15 is 0 Å². The zero-order valence-electron chi connectivity index (χ0n) is 38.2. The highest BCUT2D eigenvalue weighted by atomic mass is 32.3. The number of likely N-dealkylation sites (tertiary alicyclic amines) is 1. The van der Waals surface area contributed by atoms with E-state index in [1.165, 1.54) is 17.1 Å². The van der Waals surface area contributed by atoms with Crippen molar-refractivity contribution in [2.45, 2.75) is 119 Å². The van der Waals surface area contributed by atoms with Crippen molar-refractivity contribution in [1.82, 2.24) is 35.4 Å². The van der Waals surface area contributed by atoms with Crippen molar-refractivity contribution in [2.75, 3.05) is 59.5 Å². The molecule has 28 heteroatoms. The summed E-state index contributed by atoms with van der Waals surface area (Å²) in [6, 6.07) is 0.259. The predicted octanol–water partition coefficient (Wildman–Crippen LogP) is -2.69. The number of unbranched alkanes of at least 4 members (excludes halogenated alkanes) is 1. The Hall–Kier alpha value is -5.19. The standard InChI is InChI=1S/C40H59N9O18S/c1-20-11-15-48(26(51)10-13-41)17-24(20)47(3)34-22-12-16-49(35(22)44-19-43-34)40(57)46-23(37(56)62-5)9-7-8-14-42-36(55)33-32(61-4)29(53)30(54)39(67-33)66-31-27(45-21(2)50)38(63-6)65-25(28(31)52)18-64-68(58,59)60/h12,16,19-20,23-25,27-33,38-39,52-54H,7-11,14-15,17-18H2,1-6H3,(H,42,55)(H,45,50)(H,46,57)(H,58,59,60)/t20-,23+,24+,25?,27+,28-,29-,30?,31?,32+,33?,38-,39-/m1/s1. The number of nitrogens with zero attached hydrogens (tertiary/aromatic N) is 6. The predicted molar refractivity (Wildman–Crippen MR) is 230 cm³/mol. The Morgan fingerprint density at radius 1 is 1.03 bits per heavy atom. The highest BCUT2D eigenvalue weighted by Gasteiger charge is 2.53. The van der Waals surface area contributed by atoms with Crippen LogP contribution in [0.15, 0.2) is 18.6 Å². The summed E-state index contributed by atoms with van der Waals surface area (Å²) >= 11 is 0. The first-order valence-electron chi connectivity index (χ1n) is 21.6. The number of ether oxygens (including phenoxy) is 6. The van der Waals surface area contributed by atoms with Crippen LogP contribution in [0.25, 0.3) is 11.0 Å². The summed E-state index contributed by atoms with van der Waals surface area (Å²) in [5.74, 6) is -1.78. The van der Waals surface area contributed by atoms with E-state index in [2.05, 4.69) is 37.0 Å². The van der Waals surface area contributed by atoms with Crippen LogP contribution in [0.2, 0.25) is 0 Å². The molecule has 0 saturated carbocycles. The number of hydrogen-bond acceptors (Lipinski definition) is 21. The number of aromatic nitrogens is 3. The number of nitrogens with one attached hydrogen (secondary N) is 3. The number of carbonyl (C=O) groups is 5. The normalized spacial score (nSPS) is 29.0. The minimum atomic E-state index is -5.00. The Labute approximate surface area is 391 Å². The molecule has 2 aromatic rings. The number of carbonyl (C=O) groups excluding carboxylic acids is 5. The van der Waals surface area contributed by atoms with Crippen molar-refractivity contribution in [2.24, 2.45) is 5.92 Å². The molecule has 0 radical (unpaired) electrons. The third-order valence-corrected chi connectivity index (χ3v) is 12.5. The van der Waals surface area contributed by atoms with Gasteiger partial charge in [0.05, 0.1) is 31.2 Å². The van der Waals surface area contributed by atoms with Crippen molar-refractivity contribution < 1.29 is 84.9 Å². The monoisotopic (exact) mass is 985 g/mol. The summed E-state index contributed by atoms with van der Waals surface area (Å²) in [5.41, 5.74) is 0.251. The van der Waals surface area contributed by atoms with Crippen LogP contribution in [0.5, 0.6) is 0 Å². The summed E-state index contributed by atoms with van der Waals surface area (Å²) in [7, 11) is 0.318. The first-order chi connectivity index (χ1) is 32.2. The van der Waals surface area contributed by atoms with Gasteiger partial charge in [0.2, 0.25) is 11.8 Å². The number of amides is 4. The van der Waals surface area contributed by atoms with Crippen LogP contribution >= 0.6 is 0 Å². The molecule has 68 heavy (non-hydrogen) atoms. The lowest BCUT2D eigenvalue weighted by atomic mass is 9.92. The van der Waals surface area contributed by atoms with Crippen LogP contribution in [-0.2, 0) is 62.2 Å². The van der Waals surface area contributed by atoms with Gasteiger partial charge < -0.3 is 69.5 Å². The number of piperidine rings is 1. The first kappa shape index (κ1) is 53.8. The zero-order chi connectivity index (χ0) is 50.0. The molecule has 4 unspecified atom stereocenters. The van der Waals surface area contributed by atoms with E-state index in [1.807, 2.05) is 18.0 Å². The molecule has 4 amide bonds. The number of hydrogen-bond donors (Lipinski definition) is 7. The largest absolute Gasteiger partial charge is 0.467 e. The second kappa shape index (κ2) is 23.9. The van der Waals surface area contributed by atoms with Crippen molar-refractivity contribution in [3.05, 3.63) is 18.6 Å². The molecule has 5 rings (SSSR count). The molecule has 0 aliphatic carbocycles. The zero-order valence-corrected chi connectivity index (χ0v) is 39.0. The molecule has 7 N–H and O–H groups in total. The number of esters is 1. The topological polar surface area (TPSA) is 362 Å². The highest BCUT2D eigenvalue weighted by molar-refractivity contribution is 7.80. The number of nitriles is 1. The van der Waals surface area contributed by atoms with E-state index in [4.69, 9.17) is 38.2 Å². The lowest BCUT2D eigenvalue weighted by molar-refractivity contribution is -0.338. The summed E-state index contributed by atoms with van der Waals surface area (Å²) in [5, 5.41) is 50.6. The van der Waals surface area contributed by atoms with Gasteiger partial charge in [0, 0.05) is 54.0 Å². The maximum Gasteiger partial charge on any atom is 0.397 e. The summed E-state index contributed by atoms with van der Waals surface area (Å²) in [6.45, 7) is 3.15. The second-order valence-corrected chi connectivity index (χ2v) is 17.6. The van der Waals surface area contributed by atoms with Crippen LogP contribution in [0.4, 0.5) is 10.6 Å². The minimum absolute atomic E-state index is 0.0192. The van der Waals surface area contributed by atoms with Crippen molar-refractivity contribution in [3.63, 3.8) is 0 Å². The third kappa shape index (κ3) is 12.9. The molecule has 3 saturated heterocycles. The molecular weight excluding hydrogens is 927 g/mol. The van der Waals surface area contributed by atoms with Crippen LogP contribution in [0.1, 0.15) is 46.0 Å². The molecule has 0 spiro atoms. The van der Waals surface area contributed by atoms with Gasteiger partial charge in [0.25, 0.3) is 5.91 Å². The molecule has 5 heterocycles. The molecule has 13 atom stereocenters. The number of likely N-dealkylation sites (N-methyl/N-ethyl adjacent to an activating group) is 1. The maximum absolute atomic E-state index is 13.7. The van der Waals surface area contributed by atoms with Gasteiger partial charge in [-0.2, -0.15) is 13.7 Å². The average Bonchev–Trinajstić information content (AvgIpc) is 3.74. The van der Waals surface area contributed by atoms with Crippen molar-refractivity contribution in [3.8, 4) is 6.07 Å². The smallest absolute Gasteiger partial charge is 0.397 e. The van der Waals surface area contributed by atoms with E-state index < -0.39 is 108 Å². The average molecular weight is 986 g/mol. The van der Waals surface area contributed by atoms with Gasteiger partial charge in [0.15, 0.2) is 24.3 Å². The Balaban J connectivity index is 1.20. The molecular formula is C40H59N9O18S. The number of methoxy groups -OCH3 is 3. The van der Waals surface area contributed by atoms with Crippen molar-refractivity contribution in [1.29, 1.82) is 5.26 Å². The number of anilines is 1. The molecule has 27 nitrogen and oxygen atoms in total. The lowest BCUT2D eigenvalue weighted by Gasteiger charge is -2.47. The van der Waals surface area contributed by atoms with Gasteiger partial charge in [-0.1, -0.05) is 6.92 Å². The molecule has 2 aromatic heterocycles. The van der Waals surface area contributed by atoms with Gasteiger partial charge in [-0.15, -0.1) is 0 Å². The number of aliphatic hydroxyl groups is 3.